The van der Waals surface area contributed by atoms with Crippen LogP contribution in [0.1, 0.15) is 27.0 Å². The Bertz CT molecular complexity index is 865. The summed E-state index contributed by atoms with van der Waals surface area (Å²) in [6, 6.07) is 7.63. The van der Waals surface area contributed by atoms with Gasteiger partial charge < -0.3 is 4.98 Å². The van der Waals surface area contributed by atoms with Gasteiger partial charge in [0.2, 0.25) is 0 Å². The zero-order chi connectivity index (χ0) is 15.1. The lowest BCUT2D eigenvalue weighted by atomic mass is 10.00. The molecular formula is C17H13F2NO. The maximum absolute atomic E-state index is 13.9. The molecule has 0 atom stereocenters. The molecule has 0 aliphatic rings. The van der Waals surface area contributed by atoms with Crippen LogP contribution in [0, 0.1) is 25.5 Å². The molecule has 0 unspecified atom stereocenters. The van der Waals surface area contributed by atoms with E-state index in [2.05, 4.69) is 4.98 Å². The van der Waals surface area contributed by atoms with Gasteiger partial charge in [-0.3, -0.25) is 4.79 Å². The quantitative estimate of drug-likeness (QED) is 0.700. The Morgan fingerprint density at radius 1 is 1.00 bits per heavy atom. The molecule has 0 fully saturated rings. The average Bonchev–Trinajstić information content (AvgIpc) is 2.85. The standard InChI is InChI=1S/C17H13F2NO/c1-9-3-4-11-13(8-20-16(11)5-9)17(21)12-6-10(2)14(18)7-15(12)19/h3-8,20H,1-2H3. The number of rotatable bonds is 2. The minimum absolute atomic E-state index is 0.115. The number of ketones is 1. The Kier molecular flexibility index (Phi) is 3.09. The van der Waals surface area contributed by atoms with Gasteiger partial charge in [0, 0.05) is 28.7 Å². The van der Waals surface area contributed by atoms with Gasteiger partial charge in [-0.2, -0.15) is 0 Å². The van der Waals surface area contributed by atoms with Crippen molar-refractivity contribution >= 4 is 16.7 Å². The second kappa shape index (κ2) is 4.81. The van der Waals surface area contributed by atoms with Crippen LogP contribution in [-0.2, 0) is 0 Å². The molecule has 0 aliphatic heterocycles. The number of benzene rings is 2. The third-order valence-electron chi connectivity index (χ3n) is 3.57. The highest BCUT2D eigenvalue weighted by molar-refractivity contribution is 6.16. The van der Waals surface area contributed by atoms with E-state index in [1.165, 1.54) is 13.0 Å². The molecule has 0 saturated heterocycles. The van der Waals surface area contributed by atoms with E-state index in [-0.39, 0.29) is 11.1 Å². The number of H-pyrrole nitrogens is 1. The Hall–Kier alpha value is -2.49. The second-order valence-electron chi connectivity index (χ2n) is 5.16. The van der Waals surface area contributed by atoms with Crippen LogP contribution < -0.4 is 0 Å². The summed E-state index contributed by atoms with van der Waals surface area (Å²) < 4.78 is 27.2. The lowest BCUT2D eigenvalue weighted by Crippen LogP contribution is -2.05. The van der Waals surface area contributed by atoms with Crippen LogP contribution >= 0.6 is 0 Å². The zero-order valence-electron chi connectivity index (χ0n) is 11.6. The Labute approximate surface area is 120 Å². The number of aryl methyl sites for hydroxylation is 2. The number of fused-ring (bicyclic) bond motifs is 1. The molecule has 21 heavy (non-hydrogen) atoms. The molecule has 0 aliphatic carbocycles. The van der Waals surface area contributed by atoms with Crippen LogP contribution in [0.5, 0.6) is 0 Å². The maximum atomic E-state index is 13.9. The molecule has 4 heteroatoms. The zero-order valence-corrected chi connectivity index (χ0v) is 11.6. The number of nitrogens with one attached hydrogen (secondary N) is 1. The molecule has 3 rings (SSSR count). The smallest absolute Gasteiger partial charge is 0.198 e. The molecule has 0 radical (unpaired) electrons. The van der Waals surface area contributed by atoms with E-state index in [1.54, 1.807) is 6.20 Å². The van der Waals surface area contributed by atoms with Crippen molar-refractivity contribution in [3.05, 3.63) is 70.4 Å². The molecule has 1 aromatic heterocycles. The first-order chi connectivity index (χ1) is 9.97. The largest absolute Gasteiger partial charge is 0.360 e. The number of aromatic nitrogens is 1. The van der Waals surface area contributed by atoms with Gasteiger partial charge >= 0.3 is 0 Å². The predicted octanol–water partition coefficient (Wildman–Crippen LogP) is 4.29. The summed E-state index contributed by atoms with van der Waals surface area (Å²) in [5, 5.41) is 0.729. The average molecular weight is 285 g/mol. The van der Waals surface area contributed by atoms with Gasteiger partial charge in [0.15, 0.2) is 5.78 Å². The van der Waals surface area contributed by atoms with Gasteiger partial charge in [0.25, 0.3) is 0 Å². The van der Waals surface area contributed by atoms with Crippen LogP contribution in [0.3, 0.4) is 0 Å². The van der Waals surface area contributed by atoms with Crippen molar-refractivity contribution in [2.45, 2.75) is 13.8 Å². The lowest BCUT2D eigenvalue weighted by Gasteiger charge is -2.04. The number of halogens is 2. The van der Waals surface area contributed by atoms with Gasteiger partial charge in [-0.05, 0) is 37.1 Å². The maximum Gasteiger partial charge on any atom is 0.198 e. The van der Waals surface area contributed by atoms with E-state index in [1.807, 2.05) is 25.1 Å². The molecule has 2 nitrogen and oxygen atoms in total. The molecule has 1 heterocycles. The predicted molar refractivity (Wildman–Crippen MR) is 77.6 cm³/mol. The van der Waals surface area contributed by atoms with Gasteiger partial charge in [0.05, 0.1) is 5.56 Å². The van der Waals surface area contributed by atoms with Crippen molar-refractivity contribution in [1.29, 1.82) is 0 Å². The van der Waals surface area contributed by atoms with E-state index >= 15 is 0 Å². The molecule has 2 aromatic carbocycles. The topological polar surface area (TPSA) is 32.9 Å². The fraction of sp³-hybridized carbons (Fsp3) is 0.118. The fourth-order valence-electron chi connectivity index (χ4n) is 2.40. The first-order valence-corrected chi connectivity index (χ1v) is 6.55. The third kappa shape index (κ3) is 2.23. The molecular weight excluding hydrogens is 272 g/mol. The Balaban J connectivity index is 2.15. The number of aromatic amines is 1. The van der Waals surface area contributed by atoms with Crippen molar-refractivity contribution in [2.75, 3.05) is 0 Å². The molecule has 3 aromatic rings. The third-order valence-corrected chi connectivity index (χ3v) is 3.57. The van der Waals surface area contributed by atoms with Crippen molar-refractivity contribution in [3.8, 4) is 0 Å². The summed E-state index contributed by atoms with van der Waals surface area (Å²) >= 11 is 0. The number of carbonyl (C=O) groups excluding carboxylic acids is 1. The molecule has 1 N–H and O–H groups in total. The van der Waals surface area contributed by atoms with E-state index in [0.717, 1.165) is 22.5 Å². The highest BCUT2D eigenvalue weighted by atomic mass is 19.1. The highest BCUT2D eigenvalue weighted by Crippen LogP contribution is 2.24. The van der Waals surface area contributed by atoms with Gasteiger partial charge in [-0.1, -0.05) is 12.1 Å². The van der Waals surface area contributed by atoms with Gasteiger partial charge in [-0.15, -0.1) is 0 Å². The van der Waals surface area contributed by atoms with E-state index in [4.69, 9.17) is 0 Å². The first-order valence-electron chi connectivity index (χ1n) is 6.55. The Morgan fingerprint density at radius 2 is 1.76 bits per heavy atom. The SMILES string of the molecule is Cc1ccc2c(C(=O)c3cc(C)c(F)cc3F)c[nH]c2c1. The molecule has 0 amide bonds. The van der Waals surface area contributed by atoms with Crippen molar-refractivity contribution in [1.82, 2.24) is 4.98 Å². The highest BCUT2D eigenvalue weighted by Gasteiger charge is 2.19. The van der Waals surface area contributed by atoms with Gasteiger partial charge in [0.1, 0.15) is 11.6 Å². The van der Waals surface area contributed by atoms with Crippen LogP contribution in [0.15, 0.2) is 36.5 Å². The molecule has 0 bridgehead atoms. The lowest BCUT2D eigenvalue weighted by molar-refractivity contribution is 0.103. The number of hydrogen-bond acceptors (Lipinski definition) is 1. The summed E-state index contributed by atoms with van der Waals surface area (Å²) in [6.45, 7) is 3.45. The van der Waals surface area contributed by atoms with Crippen molar-refractivity contribution in [2.24, 2.45) is 0 Å². The molecule has 106 valence electrons. The van der Waals surface area contributed by atoms with E-state index < -0.39 is 17.4 Å². The van der Waals surface area contributed by atoms with E-state index in [0.29, 0.717) is 5.56 Å². The number of hydrogen-bond donors (Lipinski definition) is 1. The summed E-state index contributed by atoms with van der Waals surface area (Å²) in [5.41, 5.74) is 2.39. The normalized spacial score (nSPS) is 11.0. The minimum atomic E-state index is -0.843. The van der Waals surface area contributed by atoms with Crippen LogP contribution in [0.2, 0.25) is 0 Å². The molecule has 0 spiro atoms. The minimum Gasteiger partial charge on any atom is -0.360 e. The fourth-order valence-corrected chi connectivity index (χ4v) is 2.40. The summed E-state index contributed by atoms with van der Waals surface area (Å²) in [7, 11) is 0. The van der Waals surface area contributed by atoms with Crippen LogP contribution in [-0.4, -0.2) is 10.8 Å². The number of carbonyl (C=O) groups is 1. The van der Waals surface area contributed by atoms with Crippen molar-refractivity contribution < 1.29 is 13.6 Å². The van der Waals surface area contributed by atoms with E-state index in [9.17, 15) is 13.6 Å². The summed E-state index contributed by atoms with van der Waals surface area (Å²) in [6.07, 6.45) is 1.56. The molecule has 0 saturated carbocycles. The summed E-state index contributed by atoms with van der Waals surface area (Å²) in [5.74, 6) is -1.95. The summed E-state index contributed by atoms with van der Waals surface area (Å²) in [4.78, 5) is 15.5. The first kappa shape index (κ1) is 13.5. The monoisotopic (exact) mass is 285 g/mol. The van der Waals surface area contributed by atoms with Crippen molar-refractivity contribution in [3.63, 3.8) is 0 Å². The second-order valence-corrected chi connectivity index (χ2v) is 5.16. The Morgan fingerprint density at radius 3 is 2.52 bits per heavy atom. The van der Waals surface area contributed by atoms with Crippen LogP contribution in [0.4, 0.5) is 8.78 Å². The van der Waals surface area contributed by atoms with Crippen LogP contribution in [0.25, 0.3) is 10.9 Å². The van der Waals surface area contributed by atoms with Gasteiger partial charge in [-0.25, -0.2) is 8.78 Å².